The molecule has 1 amide bonds. The second-order valence-electron chi connectivity index (χ2n) is 3.99. The SMILES string of the molecule is O=C(CCl)N(Cc1cccs1)C1CCS(=O)C1. The van der Waals surface area contributed by atoms with E-state index in [-0.39, 0.29) is 17.8 Å². The third-order valence-corrected chi connectivity index (χ3v) is 5.38. The zero-order valence-electron chi connectivity index (χ0n) is 9.30. The summed E-state index contributed by atoms with van der Waals surface area (Å²) in [5.74, 6) is 1.22. The Morgan fingerprint density at radius 1 is 1.65 bits per heavy atom. The van der Waals surface area contributed by atoms with Crippen LogP contribution in [0.15, 0.2) is 17.5 Å². The van der Waals surface area contributed by atoms with Crippen molar-refractivity contribution in [2.24, 2.45) is 0 Å². The summed E-state index contributed by atoms with van der Waals surface area (Å²) in [6.07, 6.45) is 0.820. The van der Waals surface area contributed by atoms with Crippen molar-refractivity contribution in [3.8, 4) is 0 Å². The Kier molecular flexibility index (Phi) is 4.59. The first kappa shape index (κ1) is 13.1. The fraction of sp³-hybridized carbons (Fsp3) is 0.545. The van der Waals surface area contributed by atoms with Crippen molar-refractivity contribution in [2.75, 3.05) is 17.4 Å². The molecular weight excluding hydrogens is 278 g/mol. The molecule has 0 saturated carbocycles. The van der Waals surface area contributed by atoms with Crippen LogP contribution >= 0.6 is 22.9 Å². The van der Waals surface area contributed by atoms with E-state index in [0.717, 1.165) is 11.3 Å². The zero-order chi connectivity index (χ0) is 12.3. The van der Waals surface area contributed by atoms with Crippen molar-refractivity contribution in [3.05, 3.63) is 22.4 Å². The summed E-state index contributed by atoms with van der Waals surface area (Å²) < 4.78 is 11.4. The molecule has 2 rings (SSSR count). The third-order valence-electron chi connectivity index (χ3n) is 2.84. The van der Waals surface area contributed by atoms with Gasteiger partial charge in [-0.05, 0) is 17.9 Å². The topological polar surface area (TPSA) is 37.4 Å². The van der Waals surface area contributed by atoms with Crippen LogP contribution in [0.2, 0.25) is 0 Å². The minimum atomic E-state index is -0.774. The molecule has 1 aliphatic heterocycles. The Hall–Kier alpha value is -0.390. The first-order valence-corrected chi connectivity index (χ1v) is 8.33. The molecule has 2 atom stereocenters. The Bertz CT molecular complexity index is 408. The van der Waals surface area contributed by atoms with Gasteiger partial charge >= 0.3 is 0 Å². The number of halogens is 1. The van der Waals surface area contributed by atoms with E-state index in [1.807, 2.05) is 17.5 Å². The second-order valence-corrected chi connectivity index (χ2v) is 6.91. The van der Waals surface area contributed by atoms with Crippen molar-refractivity contribution in [1.29, 1.82) is 0 Å². The highest BCUT2D eigenvalue weighted by molar-refractivity contribution is 7.85. The molecule has 0 radical (unpaired) electrons. The van der Waals surface area contributed by atoms with Gasteiger partial charge < -0.3 is 4.90 Å². The van der Waals surface area contributed by atoms with Crippen LogP contribution in [0.4, 0.5) is 0 Å². The number of rotatable bonds is 4. The molecule has 0 bridgehead atoms. The molecule has 0 spiro atoms. The molecule has 2 unspecified atom stereocenters. The van der Waals surface area contributed by atoms with E-state index < -0.39 is 10.8 Å². The van der Waals surface area contributed by atoms with Crippen molar-refractivity contribution < 1.29 is 9.00 Å². The lowest BCUT2D eigenvalue weighted by molar-refractivity contribution is -0.130. The quantitative estimate of drug-likeness (QED) is 0.794. The van der Waals surface area contributed by atoms with E-state index in [1.165, 1.54) is 0 Å². The fourth-order valence-electron chi connectivity index (χ4n) is 1.96. The van der Waals surface area contributed by atoms with Gasteiger partial charge in [0.2, 0.25) is 5.91 Å². The van der Waals surface area contributed by atoms with E-state index in [0.29, 0.717) is 18.1 Å². The van der Waals surface area contributed by atoms with Crippen LogP contribution in [0.1, 0.15) is 11.3 Å². The van der Waals surface area contributed by atoms with Crippen LogP contribution in [0.5, 0.6) is 0 Å². The van der Waals surface area contributed by atoms with E-state index in [9.17, 15) is 9.00 Å². The lowest BCUT2D eigenvalue weighted by atomic mass is 10.2. The highest BCUT2D eigenvalue weighted by Crippen LogP contribution is 2.20. The number of amides is 1. The Labute approximate surface area is 112 Å². The second kappa shape index (κ2) is 5.98. The molecule has 0 aliphatic carbocycles. The Morgan fingerprint density at radius 2 is 2.47 bits per heavy atom. The van der Waals surface area contributed by atoms with Crippen molar-refractivity contribution in [1.82, 2.24) is 4.90 Å². The van der Waals surface area contributed by atoms with Crippen molar-refractivity contribution in [3.63, 3.8) is 0 Å². The van der Waals surface area contributed by atoms with Gasteiger partial charge in [0.1, 0.15) is 5.88 Å². The standard InChI is InChI=1S/C11H14ClNO2S2/c12-6-11(14)13(7-10-2-1-4-16-10)9-3-5-17(15)8-9/h1-2,4,9H,3,5-8H2. The molecule has 3 nitrogen and oxygen atoms in total. The fourth-order valence-corrected chi connectivity index (χ4v) is 4.30. The van der Waals surface area contributed by atoms with Crippen LogP contribution in [0.25, 0.3) is 0 Å². The van der Waals surface area contributed by atoms with Gasteiger partial charge in [0, 0.05) is 33.2 Å². The largest absolute Gasteiger partial charge is 0.333 e. The first-order valence-electron chi connectivity index (χ1n) is 5.43. The number of carbonyl (C=O) groups excluding carboxylic acids is 1. The first-order chi connectivity index (χ1) is 8.20. The molecule has 94 valence electrons. The van der Waals surface area contributed by atoms with Crippen LogP contribution in [-0.4, -0.2) is 38.4 Å². The number of thiophene rings is 1. The van der Waals surface area contributed by atoms with E-state index in [4.69, 9.17) is 11.6 Å². The maximum absolute atomic E-state index is 11.8. The summed E-state index contributed by atoms with van der Waals surface area (Å²) >= 11 is 7.26. The summed E-state index contributed by atoms with van der Waals surface area (Å²) in [5.41, 5.74) is 0. The minimum Gasteiger partial charge on any atom is -0.333 e. The molecule has 1 fully saturated rings. The van der Waals surface area contributed by atoms with E-state index in [1.54, 1.807) is 16.2 Å². The van der Waals surface area contributed by atoms with E-state index >= 15 is 0 Å². The maximum Gasteiger partial charge on any atom is 0.238 e. The van der Waals surface area contributed by atoms with Crippen LogP contribution < -0.4 is 0 Å². The van der Waals surface area contributed by atoms with Crippen LogP contribution in [-0.2, 0) is 22.1 Å². The molecule has 2 heterocycles. The van der Waals surface area contributed by atoms with Gasteiger partial charge in [-0.1, -0.05) is 6.07 Å². The lowest BCUT2D eigenvalue weighted by Gasteiger charge is -2.27. The predicted molar refractivity (Wildman–Crippen MR) is 71.9 cm³/mol. The highest BCUT2D eigenvalue weighted by Gasteiger charge is 2.29. The molecule has 1 saturated heterocycles. The number of hydrogen-bond acceptors (Lipinski definition) is 3. The molecule has 6 heteroatoms. The molecule has 1 aromatic heterocycles. The summed E-state index contributed by atoms with van der Waals surface area (Å²) in [6, 6.07) is 4.06. The predicted octanol–water partition coefficient (Wildman–Crippen LogP) is 1.84. The van der Waals surface area contributed by atoms with Gasteiger partial charge in [-0.3, -0.25) is 9.00 Å². The zero-order valence-corrected chi connectivity index (χ0v) is 11.7. The monoisotopic (exact) mass is 291 g/mol. The van der Waals surface area contributed by atoms with Crippen molar-refractivity contribution >= 4 is 39.6 Å². The Balaban J connectivity index is 2.08. The molecule has 17 heavy (non-hydrogen) atoms. The maximum atomic E-state index is 11.8. The number of nitrogens with zero attached hydrogens (tertiary/aromatic N) is 1. The van der Waals surface area contributed by atoms with Gasteiger partial charge in [0.25, 0.3) is 0 Å². The molecule has 1 aliphatic rings. The number of carbonyl (C=O) groups is 1. The van der Waals surface area contributed by atoms with Gasteiger partial charge in [-0.2, -0.15) is 0 Å². The average molecular weight is 292 g/mol. The van der Waals surface area contributed by atoms with Crippen LogP contribution in [0.3, 0.4) is 0 Å². The van der Waals surface area contributed by atoms with Gasteiger partial charge in [0.05, 0.1) is 6.54 Å². The van der Waals surface area contributed by atoms with E-state index in [2.05, 4.69) is 0 Å². The van der Waals surface area contributed by atoms with Gasteiger partial charge in [-0.25, -0.2) is 0 Å². The number of alkyl halides is 1. The van der Waals surface area contributed by atoms with Gasteiger partial charge in [0.15, 0.2) is 0 Å². The normalized spacial score (nSPS) is 23.8. The summed E-state index contributed by atoms with van der Waals surface area (Å²) in [4.78, 5) is 14.8. The average Bonchev–Trinajstić information content (AvgIpc) is 2.96. The van der Waals surface area contributed by atoms with Gasteiger partial charge in [-0.15, -0.1) is 22.9 Å². The molecular formula is C11H14ClNO2S2. The smallest absolute Gasteiger partial charge is 0.238 e. The molecule has 0 N–H and O–H groups in total. The summed E-state index contributed by atoms with van der Waals surface area (Å²) in [6.45, 7) is 0.588. The van der Waals surface area contributed by atoms with Crippen LogP contribution in [0, 0.1) is 0 Å². The lowest BCUT2D eigenvalue weighted by Crippen LogP contribution is -2.40. The summed E-state index contributed by atoms with van der Waals surface area (Å²) in [5, 5.41) is 1.99. The number of hydrogen-bond donors (Lipinski definition) is 0. The summed E-state index contributed by atoms with van der Waals surface area (Å²) in [7, 11) is -0.774. The Morgan fingerprint density at radius 3 is 3.00 bits per heavy atom. The van der Waals surface area contributed by atoms with Crippen molar-refractivity contribution in [2.45, 2.75) is 19.0 Å². The minimum absolute atomic E-state index is 0.00545. The molecule has 0 aromatic carbocycles. The highest BCUT2D eigenvalue weighted by atomic mass is 35.5. The molecule has 1 aromatic rings. The third kappa shape index (κ3) is 3.30.